The van der Waals surface area contributed by atoms with Crippen LogP contribution in [0.3, 0.4) is 0 Å². The van der Waals surface area contributed by atoms with E-state index in [2.05, 4.69) is 5.32 Å². The first-order chi connectivity index (χ1) is 12.7. The zero-order chi connectivity index (χ0) is 20.0. The van der Waals surface area contributed by atoms with Gasteiger partial charge in [-0.1, -0.05) is 51.1 Å². The molecule has 6 nitrogen and oxygen atoms in total. The Labute approximate surface area is 160 Å². The largest absolute Gasteiger partial charge is 0.481 e. The fourth-order valence-electron chi connectivity index (χ4n) is 3.36. The Morgan fingerprint density at radius 3 is 2.48 bits per heavy atom. The number of rotatable bonds is 6. The van der Waals surface area contributed by atoms with E-state index < -0.39 is 17.3 Å². The predicted molar refractivity (Wildman–Crippen MR) is 103 cm³/mol. The summed E-state index contributed by atoms with van der Waals surface area (Å²) in [6.07, 6.45) is 1.87. The third kappa shape index (κ3) is 6.08. The minimum Gasteiger partial charge on any atom is -0.481 e. The van der Waals surface area contributed by atoms with Crippen molar-refractivity contribution in [1.29, 1.82) is 0 Å². The van der Waals surface area contributed by atoms with Crippen LogP contribution < -0.4 is 5.32 Å². The molecule has 0 aromatic heterocycles. The van der Waals surface area contributed by atoms with Crippen LogP contribution in [0.4, 0.5) is 0 Å². The smallest absolute Gasteiger partial charge is 0.308 e. The second-order valence-electron chi connectivity index (χ2n) is 8.31. The van der Waals surface area contributed by atoms with Crippen LogP contribution in [0.25, 0.3) is 0 Å². The van der Waals surface area contributed by atoms with Crippen molar-refractivity contribution in [2.45, 2.75) is 40.0 Å². The number of piperidine rings is 1. The number of hydrogen-bond acceptors (Lipinski definition) is 3. The quantitative estimate of drug-likeness (QED) is 0.800. The molecule has 6 heteroatoms. The van der Waals surface area contributed by atoms with Crippen LogP contribution in [0.2, 0.25) is 0 Å². The van der Waals surface area contributed by atoms with Crippen LogP contribution in [0, 0.1) is 17.3 Å². The summed E-state index contributed by atoms with van der Waals surface area (Å²) in [6.45, 7) is 6.79. The molecular formula is C21H30N2O4. The highest BCUT2D eigenvalue weighted by Gasteiger charge is 2.33. The molecule has 0 radical (unpaired) electrons. The summed E-state index contributed by atoms with van der Waals surface area (Å²) in [5.41, 5.74) is 0.460. The van der Waals surface area contributed by atoms with Crippen molar-refractivity contribution >= 4 is 17.8 Å². The van der Waals surface area contributed by atoms with Crippen LogP contribution >= 0.6 is 0 Å². The lowest BCUT2D eigenvalue weighted by Gasteiger charge is -2.36. The minimum absolute atomic E-state index is 0.0486. The number of amides is 2. The number of carboxylic acids is 1. The lowest BCUT2D eigenvalue weighted by atomic mass is 9.90. The summed E-state index contributed by atoms with van der Waals surface area (Å²) in [7, 11) is 0. The molecule has 1 aromatic carbocycles. The number of benzene rings is 1. The fraction of sp³-hybridized carbons (Fsp3) is 0.571. The van der Waals surface area contributed by atoms with E-state index in [0.29, 0.717) is 19.5 Å². The van der Waals surface area contributed by atoms with Gasteiger partial charge in [-0.05, 0) is 24.8 Å². The number of nitrogens with zero attached hydrogens (tertiary/aromatic N) is 1. The SMILES string of the molecule is CC(C)(C)C(=O)N1CCCC(C(=O)NCC(Cc2ccccc2)C(=O)O)C1. The zero-order valence-corrected chi connectivity index (χ0v) is 16.4. The van der Waals surface area contributed by atoms with E-state index in [1.54, 1.807) is 4.90 Å². The third-order valence-electron chi connectivity index (χ3n) is 4.92. The van der Waals surface area contributed by atoms with Gasteiger partial charge in [0.05, 0.1) is 11.8 Å². The van der Waals surface area contributed by atoms with Crippen LogP contribution in [-0.4, -0.2) is 47.4 Å². The molecule has 2 rings (SSSR count). The van der Waals surface area contributed by atoms with Crippen molar-refractivity contribution in [2.75, 3.05) is 19.6 Å². The van der Waals surface area contributed by atoms with Gasteiger partial charge in [0.15, 0.2) is 0 Å². The second kappa shape index (κ2) is 9.02. The van der Waals surface area contributed by atoms with Crippen molar-refractivity contribution in [1.82, 2.24) is 10.2 Å². The van der Waals surface area contributed by atoms with Crippen LogP contribution in [0.5, 0.6) is 0 Å². The van der Waals surface area contributed by atoms with Gasteiger partial charge in [-0.15, -0.1) is 0 Å². The molecule has 1 fully saturated rings. The van der Waals surface area contributed by atoms with Gasteiger partial charge in [-0.3, -0.25) is 14.4 Å². The average Bonchev–Trinajstić information content (AvgIpc) is 2.64. The molecule has 0 bridgehead atoms. The highest BCUT2D eigenvalue weighted by atomic mass is 16.4. The number of carboxylic acid groups (broad SMARTS) is 1. The van der Waals surface area contributed by atoms with Gasteiger partial charge in [-0.25, -0.2) is 0 Å². The first-order valence-corrected chi connectivity index (χ1v) is 9.52. The maximum absolute atomic E-state index is 12.6. The highest BCUT2D eigenvalue weighted by molar-refractivity contribution is 5.84. The highest BCUT2D eigenvalue weighted by Crippen LogP contribution is 2.23. The maximum atomic E-state index is 12.6. The monoisotopic (exact) mass is 374 g/mol. The van der Waals surface area contributed by atoms with Crippen LogP contribution in [0.15, 0.2) is 30.3 Å². The molecular weight excluding hydrogens is 344 g/mol. The minimum atomic E-state index is -0.924. The molecule has 0 saturated carbocycles. The molecule has 0 aliphatic carbocycles. The van der Waals surface area contributed by atoms with E-state index in [1.165, 1.54) is 0 Å². The van der Waals surface area contributed by atoms with Gasteiger partial charge in [-0.2, -0.15) is 0 Å². The Bertz CT molecular complexity index is 667. The van der Waals surface area contributed by atoms with Gasteiger partial charge in [0.2, 0.25) is 11.8 Å². The number of carbonyl (C=O) groups excluding carboxylic acids is 2. The van der Waals surface area contributed by atoms with Crippen molar-refractivity contribution in [2.24, 2.45) is 17.3 Å². The fourth-order valence-corrected chi connectivity index (χ4v) is 3.36. The molecule has 1 aliphatic rings. The van der Waals surface area contributed by atoms with E-state index in [9.17, 15) is 19.5 Å². The van der Waals surface area contributed by atoms with Crippen molar-refractivity contribution in [3.63, 3.8) is 0 Å². The topological polar surface area (TPSA) is 86.7 Å². The van der Waals surface area contributed by atoms with Gasteiger partial charge < -0.3 is 15.3 Å². The lowest BCUT2D eigenvalue weighted by molar-refractivity contribution is -0.142. The molecule has 0 spiro atoms. The standard InChI is InChI=1S/C21H30N2O4/c1-21(2,3)20(27)23-11-7-10-16(14-23)18(24)22-13-17(19(25)26)12-15-8-5-4-6-9-15/h4-6,8-9,16-17H,7,10-14H2,1-3H3,(H,22,24)(H,25,26). The molecule has 2 amide bonds. The maximum Gasteiger partial charge on any atom is 0.308 e. The molecule has 1 aromatic rings. The van der Waals surface area contributed by atoms with Gasteiger partial charge in [0, 0.05) is 25.0 Å². The average molecular weight is 374 g/mol. The normalized spacial score (nSPS) is 18.6. The molecule has 27 heavy (non-hydrogen) atoms. The van der Waals surface area contributed by atoms with E-state index in [1.807, 2.05) is 51.1 Å². The summed E-state index contributed by atoms with van der Waals surface area (Å²) in [5, 5.41) is 12.3. The molecule has 1 aliphatic heterocycles. The van der Waals surface area contributed by atoms with Crippen LogP contribution in [-0.2, 0) is 20.8 Å². The van der Waals surface area contributed by atoms with E-state index in [-0.39, 0.29) is 24.3 Å². The zero-order valence-electron chi connectivity index (χ0n) is 16.4. The molecule has 2 unspecified atom stereocenters. The predicted octanol–water partition coefficient (Wildman–Crippen LogP) is 2.33. The summed E-state index contributed by atoms with van der Waals surface area (Å²) >= 11 is 0. The van der Waals surface area contributed by atoms with E-state index >= 15 is 0 Å². The number of carbonyl (C=O) groups is 3. The molecule has 2 atom stereocenters. The van der Waals surface area contributed by atoms with Crippen molar-refractivity contribution in [3.05, 3.63) is 35.9 Å². The van der Waals surface area contributed by atoms with E-state index in [0.717, 1.165) is 18.4 Å². The molecule has 1 heterocycles. The number of likely N-dealkylation sites (tertiary alicyclic amines) is 1. The Morgan fingerprint density at radius 1 is 1.22 bits per heavy atom. The van der Waals surface area contributed by atoms with Crippen LogP contribution in [0.1, 0.15) is 39.2 Å². The van der Waals surface area contributed by atoms with Gasteiger partial charge in [0.1, 0.15) is 0 Å². The van der Waals surface area contributed by atoms with E-state index in [4.69, 9.17) is 0 Å². The summed E-state index contributed by atoms with van der Waals surface area (Å²) in [4.78, 5) is 38.3. The second-order valence-corrected chi connectivity index (χ2v) is 8.31. The number of nitrogens with one attached hydrogen (secondary N) is 1. The first-order valence-electron chi connectivity index (χ1n) is 9.52. The first kappa shape index (κ1) is 20.9. The lowest BCUT2D eigenvalue weighted by Crippen LogP contribution is -2.49. The Morgan fingerprint density at radius 2 is 1.89 bits per heavy atom. The number of hydrogen-bond donors (Lipinski definition) is 2. The molecule has 148 valence electrons. The van der Waals surface area contributed by atoms with Crippen molar-refractivity contribution in [3.8, 4) is 0 Å². The van der Waals surface area contributed by atoms with Crippen molar-refractivity contribution < 1.29 is 19.5 Å². The third-order valence-corrected chi connectivity index (χ3v) is 4.92. The summed E-state index contributed by atoms with van der Waals surface area (Å²) in [6, 6.07) is 9.39. The van der Waals surface area contributed by atoms with Gasteiger partial charge in [0.25, 0.3) is 0 Å². The molecule has 2 N–H and O–H groups in total. The Kier molecular flexibility index (Phi) is 6.99. The Balaban J connectivity index is 1.91. The Hall–Kier alpha value is -2.37. The molecule has 1 saturated heterocycles. The summed E-state index contributed by atoms with van der Waals surface area (Å²) < 4.78 is 0. The number of aliphatic carboxylic acids is 1. The van der Waals surface area contributed by atoms with Gasteiger partial charge >= 0.3 is 5.97 Å². The summed E-state index contributed by atoms with van der Waals surface area (Å²) in [5.74, 6) is -2.00.